The summed E-state index contributed by atoms with van der Waals surface area (Å²) >= 11 is 0. The predicted molar refractivity (Wildman–Crippen MR) is 105 cm³/mol. The Labute approximate surface area is 154 Å². The van der Waals surface area contributed by atoms with Crippen LogP contribution in [0.2, 0.25) is 0 Å². The number of rotatable bonds is 6. The van der Waals surface area contributed by atoms with Crippen LogP contribution in [0.4, 0.5) is 5.69 Å². The van der Waals surface area contributed by atoms with Crippen molar-refractivity contribution in [2.75, 3.05) is 26.6 Å². The van der Waals surface area contributed by atoms with Crippen LogP contribution in [0.3, 0.4) is 0 Å². The van der Waals surface area contributed by atoms with Crippen LogP contribution < -0.4 is 14.8 Å². The first-order valence-corrected chi connectivity index (χ1v) is 8.56. The number of aromatic amines is 1. The summed E-state index contributed by atoms with van der Waals surface area (Å²) in [6, 6.07) is 16.2. The second-order valence-electron chi connectivity index (χ2n) is 6.69. The topological polar surface area (TPSA) is 59.2 Å². The fourth-order valence-electron chi connectivity index (χ4n) is 3.14. The smallest absolute Gasteiger partial charge is 0.123 e. The molecule has 0 fully saturated rings. The lowest BCUT2D eigenvalue weighted by Crippen LogP contribution is -2.21. The molecule has 0 saturated carbocycles. The molecule has 136 valence electrons. The van der Waals surface area contributed by atoms with E-state index < -0.39 is 0 Å². The lowest BCUT2D eigenvalue weighted by Gasteiger charge is -2.26. The molecule has 0 radical (unpaired) electrons. The number of nitrogens with one attached hydrogen (secondary N) is 2. The van der Waals surface area contributed by atoms with Crippen molar-refractivity contribution in [3.63, 3.8) is 0 Å². The number of para-hydroxylation sites is 1. The number of anilines is 1. The fourth-order valence-corrected chi connectivity index (χ4v) is 3.14. The van der Waals surface area contributed by atoms with Crippen molar-refractivity contribution in [2.45, 2.75) is 19.3 Å². The van der Waals surface area contributed by atoms with Crippen LogP contribution in [0, 0.1) is 0 Å². The number of H-pyrrole nitrogens is 1. The van der Waals surface area contributed by atoms with Crippen molar-refractivity contribution >= 4 is 5.69 Å². The minimum absolute atomic E-state index is 0.228. The van der Waals surface area contributed by atoms with Crippen LogP contribution in [-0.2, 0) is 5.41 Å². The molecular weight excluding hydrogens is 326 g/mol. The quantitative estimate of drug-likeness (QED) is 0.688. The minimum Gasteiger partial charge on any atom is -0.497 e. The zero-order valence-corrected chi connectivity index (χ0v) is 15.9. The maximum Gasteiger partial charge on any atom is 0.123 e. The molecule has 0 aliphatic rings. The number of nitrogens with zero attached hydrogens (tertiary/aromatic N) is 1. The van der Waals surface area contributed by atoms with Gasteiger partial charge in [-0.1, -0.05) is 32.0 Å². The summed E-state index contributed by atoms with van der Waals surface area (Å²) in [5.41, 5.74) is 4.93. The number of benzene rings is 2. The first-order chi connectivity index (χ1) is 12.5. The molecule has 26 heavy (non-hydrogen) atoms. The van der Waals surface area contributed by atoms with E-state index in [0.717, 1.165) is 34.1 Å². The molecule has 0 aliphatic heterocycles. The second-order valence-corrected chi connectivity index (χ2v) is 6.69. The first kappa shape index (κ1) is 17.9. The Balaban J connectivity index is 2.02. The van der Waals surface area contributed by atoms with Crippen LogP contribution in [0.25, 0.3) is 11.3 Å². The zero-order chi connectivity index (χ0) is 18.7. The van der Waals surface area contributed by atoms with Crippen molar-refractivity contribution in [1.29, 1.82) is 0 Å². The number of methoxy groups -OCH3 is 2. The third-order valence-electron chi connectivity index (χ3n) is 4.77. The van der Waals surface area contributed by atoms with Gasteiger partial charge in [0.05, 0.1) is 19.9 Å². The number of hydrogen-bond donors (Lipinski definition) is 2. The van der Waals surface area contributed by atoms with Gasteiger partial charge in [0.1, 0.15) is 11.5 Å². The Hall–Kier alpha value is -2.95. The van der Waals surface area contributed by atoms with Crippen molar-refractivity contribution in [2.24, 2.45) is 0 Å². The lowest BCUT2D eigenvalue weighted by atomic mass is 9.80. The predicted octanol–water partition coefficient (Wildman–Crippen LogP) is 4.46. The van der Waals surface area contributed by atoms with Gasteiger partial charge >= 0.3 is 0 Å². The van der Waals surface area contributed by atoms with Gasteiger partial charge in [0.25, 0.3) is 0 Å². The average Bonchev–Trinajstić information content (AvgIpc) is 3.18. The average molecular weight is 351 g/mol. The van der Waals surface area contributed by atoms with Gasteiger partial charge in [-0.2, -0.15) is 5.10 Å². The summed E-state index contributed by atoms with van der Waals surface area (Å²) in [5, 5.41) is 11.0. The van der Waals surface area contributed by atoms with Crippen LogP contribution >= 0.6 is 0 Å². The third-order valence-corrected chi connectivity index (χ3v) is 4.77. The molecule has 5 heteroatoms. The molecule has 0 amide bonds. The van der Waals surface area contributed by atoms with Gasteiger partial charge in [0.15, 0.2) is 0 Å². The molecular formula is C21H25N3O2. The van der Waals surface area contributed by atoms with E-state index in [4.69, 9.17) is 9.47 Å². The molecule has 0 bridgehead atoms. The molecule has 0 spiro atoms. The Bertz CT molecular complexity index is 878. The standard InChI is InChI=1S/C21H25N3O2/c1-21(2,17-8-6-7-9-18(17)22-3)20-13-19(23-24-20)14-10-15(25-4)12-16(11-14)26-5/h6-13,22H,1-5H3,(H,23,24). The van der Waals surface area contributed by atoms with E-state index in [1.54, 1.807) is 14.2 Å². The Morgan fingerprint density at radius 3 is 2.23 bits per heavy atom. The maximum absolute atomic E-state index is 5.37. The van der Waals surface area contributed by atoms with Crippen molar-refractivity contribution in [3.05, 3.63) is 59.8 Å². The molecule has 0 atom stereocenters. The molecule has 0 aliphatic carbocycles. The molecule has 0 unspecified atom stereocenters. The van der Waals surface area contributed by atoms with E-state index in [-0.39, 0.29) is 5.41 Å². The molecule has 2 aromatic carbocycles. The summed E-state index contributed by atoms with van der Waals surface area (Å²) in [4.78, 5) is 0. The molecule has 5 nitrogen and oxygen atoms in total. The highest BCUT2D eigenvalue weighted by molar-refractivity contribution is 5.65. The van der Waals surface area contributed by atoms with Gasteiger partial charge in [-0.05, 0) is 29.8 Å². The van der Waals surface area contributed by atoms with Gasteiger partial charge in [0, 0.05) is 35.5 Å². The Morgan fingerprint density at radius 1 is 0.962 bits per heavy atom. The number of hydrogen-bond acceptors (Lipinski definition) is 4. The van der Waals surface area contributed by atoms with Crippen LogP contribution in [0.1, 0.15) is 25.1 Å². The normalized spacial score (nSPS) is 11.3. The molecule has 3 aromatic rings. The largest absolute Gasteiger partial charge is 0.497 e. The summed E-state index contributed by atoms with van der Waals surface area (Å²) in [5.74, 6) is 1.48. The highest BCUT2D eigenvalue weighted by Gasteiger charge is 2.28. The van der Waals surface area contributed by atoms with Gasteiger partial charge in [-0.3, -0.25) is 5.10 Å². The van der Waals surface area contributed by atoms with Crippen LogP contribution in [-0.4, -0.2) is 31.5 Å². The first-order valence-electron chi connectivity index (χ1n) is 8.56. The second kappa shape index (κ2) is 7.12. The van der Waals surface area contributed by atoms with Gasteiger partial charge in [0.2, 0.25) is 0 Å². The lowest BCUT2D eigenvalue weighted by molar-refractivity contribution is 0.394. The monoisotopic (exact) mass is 351 g/mol. The van der Waals surface area contributed by atoms with E-state index >= 15 is 0 Å². The van der Waals surface area contributed by atoms with Crippen LogP contribution in [0.15, 0.2) is 48.5 Å². The summed E-state index contributed by atoms with van der Waals surface area (Å²) < 4.78 is 10.7. The van der Waals surface area contributed by atoms with Crippen molar-refractivity contribution in [3.8, 4) is 22.8 Å². The highest BCUT2D eigenvalue weighted by atomic mass is 16.5. The van der Waals surface area contributed by atoms with E-state index in [0.29, 0.717) is 0 Å². The van der Waals surface area contributed by atoms with Crippen LogP contribution in [0.5, 0.6) is 11.5 Å². The van der Waals surface area contributed by atoms with Gasteiger partial charge < -0.3 is 14.8 Å². The Kier molecular flexibility index (Phi) is 4.89. The van der Waals surface area contributed by atoms with E-state index in [9.17, 15) is 0 Å². The molecule has 1 heterocycles. The number of aromatic nitrogens is 2. The summed E-state index contributed by atoms with van der Waals surface area (Å²) in [7, 11) is 5.23. The van der Waals surface area contributed by atoms with Gasteiger partial charge in [-0.15, -0.1) is 0 Å². The van der Waals surface area contributed by atoms with Crippen molar-refractivity contribution < 1.29 is 9.47 Å². The van der Waals surface area contributed by atoms with E-state index in [2.05, 4.69) is 53.6 Å². The third kappa shape index (κ3) is 3.25. The summed E-state index contributed by atoms with van der Waals surface area (Å²) in [6.45, 7) is 4.37. The van der Waals surface area contributed by atoms with E-state index in [1.807, 2.05) is 31.3 Å². The SMILES string of the molecule is CNc1ccccc1C(C)(C)c1cc(-c2cc(OC)cc(OC)c2)n[nH]1. The molecule has 1 aromatic heterocycles. The summed E-state index contributed by atoms with van der Waals surface area (Å²) in [6.07, 6.45) is 0. The van der Waals surface area contributed by atoms with E-state index in [1.165, 1.54) is 5.56 Å². The molecule has 0 saturated heterocycles. The zero-order valence-electron chi connectivity index (χ0n) is 15.9. The molecule has 3 rings (SSSR count). The Morgan fingerprint density at radius 2 is 1.62 bits per heavy atom. The minimum atomic E-state index is -0.228. The molecule has 2 N–H and O–H groups in total. The maximum atomic E-state index is 5.37. The number of ether oxygens (including phenoxy) is 2. The van der Waals surface area contributed by atoms with Crippen molar-refractivity contribution in [1.82, 2.24) is 10.2 Å². The van der Waals surface area contributed by atoms with Gasteiger partial charge in [-0.25, -0.2) is 0 Å². The fraction of sp³-hybridized carbons (Fsp3) is 0.286. The highest BCUT2D eigenvalue weighted by Crippen LogP contribution is 2.37.